The molecule has 1 saturated carbocycles. The van der Waals surface area contributed by atoms with Gasteiger partial charge in [-0.3, -0.25) is 4.79 Å². The molecule has 1 unspecified atom stereocenters. The maximum atomic E-state index is 12.0. The Balaban J connectivity index is 1.51. The highest BCUT2D eigenvalue weighted by atomic mass is 32.2. The third-order valence-electron chi connectivity index (χ3n) is 3.36. The van der Waals surface area contributed by atoms with Crippen molar-refractivity contribution in [2.45, 2.75) is 37.0 Å². The quantitative estimate of drug-likeness (QED) is 0.826. The highest BCUT2D eigenvalue weighted by Gasteiger charge is 2.28. The molecule has 1 N–H and O–H groups in total. The predicted molar refractivity (Wildman–Crippen MR) is 79.8 cm³/mol. The van der Waals surface area contributed by atoms with Crippen LogP contribution in [0.4, 0.5) is 0 Å². The zero-order valence-corrected chi connectivity index (χ0v) is 12.6. The molecular formula is C14H17N5OS. The summed E-state index contributed by atoms with van der Waals surface area (Å²) in [6, 6.07) is 10.3. The summed E-state index contributed by atoms with van der Waals surface area (Å²) >= 11 is 1.38. The molecular weight excluding hydrogens is 286 g/mol. The summed E-state index contributed by atoms with van der Waals surface area (Å²) in [4.78, 5) is 12.0. The molecule has 1 amide bonds. The number of tetrazole rings is 1. The summed E-state index contributed by atoms with van der Waals surface area (Å²) in [5, 5.41) is 15.3. The molecule has 110 valence electrons. The molecule has 6 nitrogen and oxygen atoms in total. The van der Waals surface area contributed by atoms with Gasteiger partial charge in [0.15, 0.2) is 0 Å². The molecule has 1 aromatic carbocycles. The number of benzene rings is 1. The second kappa shape index (κ2) is 6.26. The second-order valence-electron chi connectivity index (χ2n) is 5.13. The monoisotopic (exact) mass is 303 g/mol. The van der Waals surface area contributed by atoms with Gasteiger partial charge in [0.05, 0.1) is 17.8 Å². The molecule has 0 saturated heterocycles. The number of carbonyl (C=O) groups excluding carboxylic acids is 1. The number of rotatable bonds is 6. The van der Waals surface area contributed by atoms with Gasteiger partial charge in [0.1, 0.15) is 0 Å². The van der Waals surface area contributed by atoms with Crippen LogP contribution in [0, 0.1) is 0 Å². The Bertz CT molecular complexity index is 611. The normalized spacial score (nSPS) is 15.7. The SMILES string of the molecule is CC(NC(=O)CSc1nnnn1C1CC1)c1ccccc1. The summed E-state index contributed by atoms with van der Waals surface area (Å²) in [6.07, 6.45) is 2.24. The van der Waals surface area contributed by atoms with E-state index in [-0.39, 0.29) is 11.9 Å². The Morgan fingerprint density at radius 1 is 1.43 bits per heavy atom. The van der Waals surface area contributed by atoms with Gasteiger partial charge in [-0.25, -0.2) is 4.68 Å². The first-order valence-corrected chi connectivity index (χ1v) is 7.97. The lowest BCUT2D eigenvalue weighted by Crippen LogP contribution is -2.28. The molecule has 3 rings (SSSR count). The van der Waals surface area contributed by atoms with Gasteiger partial charge in [0.2, 0.25) is 11.1 Å². The minimum Gasteiger partial charge on any atom is -0.349 e. The van der Waals surface area contributed by atoms with Crippen LogP contribution in [0.2, 0.25) is 0 Å². The minimum absolute atomic E-state index is 0.00118. The smallest absolute Gasteiger partial charge is 0.230 e. The molecule has 21 heavy (non-hydrogen) atoms. The lowest BCUT2D eigenvalue weighted by Gasteiger charge is -2.13. The first-order valence-electron chi connectivity index (χ1n) is 6.99. The van der Waals surface area contributed by atoms with Crippen molar-refractivity contribution in [3.63, 3.8) is 0 Å². The number of hydrogen-bond acceptors (Lipinski definition) is 5. The molecule has 1 aromatic heterocycles. The molecule has 1 heterocycles. The Labute approximate surface area is 127 Å². The number of nitrogens with one attached hydrogen (secondary N) is 1. The summed E-state index contributed by atoms with van der Waals surface area (Å²) in [7, 11) is 0. The van der Waals surface area contributed by atoms with Gasteiger partial charge in [-0.15, -0.1) is 5.10 Å². The zero-order chi connectivity index (χ0) is 14.7. The van der Waals surface area contributed by atoms with E-state index in [9.17, 15) is 4.79 Å². The van der Waals surface area contributed by atoms with Crippen molar-refractivity contribution in [2.75, 3.05) is 5.75 Å². The molecule has 1 aliphatic carbocycles. The highest BCUT2D eigenvalue weighted by molar-refractivity contribution is 7.99. The van der Waals surface area contributed by atoms with Crippen molar-refractivity contribution < 1.29 is 4.79 Å². The van der Waals surface area contributed by atoms with Gasteiger partial charge in [-0.1, -0.05) is 42.1 Å². The van der Waals surface area contributed by atoms with Gasteiger partial charge >= 0.3 is 0 Å². The fraction of sp³-hybridized carbons (Fsp3) is 0.429. The minimum atomic E-state index is -0.0123. The third-order valence-corrected chi connectivity index (χ3v) is 4.30. The van der Waals surface area contributed by atoms with Crippen molar-refractivity contribution in [1.29, 1.82) is 0 Å². The summed E-state index contributed by atoms with van der Waals surface area (Å²) in [5.41, 5.74) is 1.10. The van der Waals surface area contributed by atoms with E-state index in [0.717, 1.165) is 23.6 Å². The molecule has 7 heteroatoms. The van der Waals surface area contributed by atoms with E-state index in [0.29, 0.717) is 11.8 Å². The van der Waals surface area contributed by atoms with E-state index in [4.69, 9.17) is 0 Å². The van der Waals surface area contributed by atoms with Gasteiger partial charge in [0, 0.05) is 0 Å². The summed E-state index contributed by atoms with van der Waals surface area (Å²) in [6.45, 7) is 1.98. The standard InChI is InChI=1S/C14H17N5OS/c1-10(11-5-3-2-4-6-11)15-13(20)9-21-14-16-17-18-19(14)12-7-8-12/h2-6,10,12H,7-9H2,1H3,(H,15,20). The van der Waals surface area contributed by atoms with Crippen molar-refractivity contribution in [2.24, 2.45) is 0 Å². The number of nitrogens with zero attached hydrogens (tertiary/aromatic N) is 4. The van der Waals surface area contributed by atoms with Crippen molar-refractivity contribution >= 4 is 17.7 Å². The molecule has 1 atom stereocenters. The highest BCUT2D eigenvalue weighted by Crippen LogP contribution is 2.36. The fourth-order valence-electron chi connectivity index (χ4n) is 2.07. The largest absolute Gasteiger partial charge is 0.349 e. The maximum Gasteiger partial charge on any atom is 0.230 e. The van der Waals surface area contributed by atoms with Crippen LogP contribution >= 0.6 is 11.8 Å². The van der Waals surface area contributed by atoms with Gasteiger partial charge in [0.25, 0.3) is 0 Å². The van der Waals surface area contributed by atoms with Crippen LogP contribution in [0.25, 0.3) is 0 Å². The number of hydrogen-bond donors (Lipinski definition) is 1. The zero-order valence-electron chi connectivity index (χ0n) is 11.8. The molecule has 0 spiro atoms. The Kier molecular flexibility index (Phi) is 4.19. The summed E-state index contributed by atoms with van der Waals surface area (Å²) in [5.74, 6) is 0.311. The number of carbonyl (C=O) groups is 1. The van der Waals surface area contributed by atoms with E-state index in [1.807, 2.05) is 41.9 Å². The van der Waals surface area contributed by atoms with E-state index >= 15 is 0 Å². The maximum absolute atomic E-state index is 12.0. The van der Waals surface area contributed by atoms with E-state index in [1.54, 1.807) is 0 Å². The number of aromatic nitrogens is 4. The lowest BCUT2D eigenvalue weighted by molar-refractivity contribution is -0.119. The second-order valence-corrected chi connectivity index (χ2v) is 6.07. The Morgan fingerprint density at radius 3 is 2.90 bits per heavy atom. The summed E-state index contributed by atoms with van der Waals surface area (Å²) < 4.78 is 1.82. The number of amides is 1. The van der Waals surface area contributed by atoms with Crippen LogP contribution < -0.4 is 5.32 Å². The van der Waals surface area contributed by atoms with Crippen LogP contribution in [0.5, 0.6) is 0 Å². The molecule has 0 aliphatic heterocycles. The topological polar surface area (TPSA) is 72.7 Å². The molecule has 1 fully saturated rings. The average molecular weight is 303 g/mol. The van der Waals surface area contributed by atoms with Gasteiger partial charge < -0.3 is 5.32 Å². The van der Waals surface area contributed by atoms with Gasteiger partial charge in [-0.05, 0) is 35.8 Å². The molecule has 0 bridgehead atoms. The van der Waals surface area contributed by atoms with Crippen LogP contribution in [-0.2, 0) is 4.79 Å². The van der Waals surface area contributed by atoms with Crippen LogP contribution in [0.15, 0.2) is 35.5 Å². The average Bonchev–Trinajstić information content (AvgIpc) is 3.24. The van der Waals surface area contributed by atoms with E-state index in [2.05, 4.69) is 20.8 Å². The molecule has 0 radical (unpaired) electrons. The predicted octanol–water partition coefficient (Wildman–Crippen LogP) is 1.98. The van der Waals surface area contributed by atoms with Gasteiger partial charge in [-0.2, -0.15) is 0 Å². The lowest BCUT2D eigenvalue weighted by atomic mass is 10.1. The van der Waals surface area contributed by atoms with Crippen LogP contribution in [-0.4, -0.2) is 31.9 Å². The fourth-order valence-corrected chi connectivity index (χ4v) is 2.82. The third kappa shape index (κ3) is 3.60. The van der Waals surface area contributed by atoms with Crippen molar-refractivity contribution in [1.82, 2.24) is 25.5 Å². The first-order chi connectivity index (χ1) is 10.2. The molecule has 2 aromatic rings. The van der Waals surface area contributed by atoms with Crippen LogP contribution in [0.1, 0.15) is 37.4 Å². The van der Waals surface area contributed by atoms with E-state index in [1.165, 1.54) is 11.8 Å². The van der Waals surface area contributed by atoms with Crippen molar-refractivity contribution in [3.8, 4) is 0 Å². The molecule has 1 aliphatic rings. The van der Waals surface area contributed by atoms with Crippen molar-refractivity contribution in [3.05, 3.63) is 35.9 Å². The Morgan fingerprint density at radius 2 is 2.19 bits per heavy atom. The first kappa shape index (κ1) is 14.1. The number of thioether (sulfide) groups is 1. The van der Waals surface area contributed by atoms with E-state index < -0.39 is 0 Å². The Hall–Kier alpha value is -1.89. The van der Waals surface area contributed by atoms with Crippen LogP contribution in [0.3, 0.4) is 0 Å².